The summed E-state index contributed by atoms with van der Waals surface area (Å²) in [7, 11) is 6.78. The second kappa shape index (κ2) is 17.3. The summed E-state index contributed by atoms with van der Waals surface area (Å²) >= 11 is 0. The fourth-order valence-electron chi connectivity index (χ4n) is 8.84. The van der Waals surface area contributed by atoms with E-state index in [0.717, 1.165) is 101 Å². The number of hydrogen-bond donors (Lipinski definition) is 0. The molecule has 10 aromatic rings. The van der Waals surface area contributed by atoms with E-state index in [1.54, 1.807) is 28.4 Å². The molecular weight excluding hydrogens is 789 g/mol. The van der Waals surface area contributed by atoms with Crippen LogP contribution in [0.25, 0.3) is 54.6 Å². The molecule has 0 N–H and O–H groups in total. The summed E-state index contributed by atoms with van der Waals surface area (Å²) < 4.78 is 22.3. The first-order valence-corrected chi connectivity index (χ1v) is 21.3. The van der Waals surface area contributed by atoms with Gasteiger partial charge in [-0.2, -0.15) is 0 Å². The highest BCUT2D eigenvalue weighted by molar-refractivity contribution is 6.25. The molecule has 0 heterocycles. The Morgan fingerprint density at radius 1 is 0.250 bits per heavy atom. The van der Waals surface area contributed by atoms with Crippen LogP contribution in [0.4, 0.5) is 34.1 Å². The van der Waals surface area contributed by atoms with Gasteiger partial charge in [-0.25, -0.2) is 0 Å². The summed E-state index contributed by atoms with van der Waals surface area (Å²) in [5.41, 5.74) is 10.7. The molecule has 0 bridgehead atoms. The zero-order chi connectivity index (χ0) is 43.6. The summed E-state index contributed by atoms with van der Waals surface area (Å²) in [6.45, 7) is 0. The van der Waals surface area contributed by atoms with Crippen LogP contribution in [0.5, 0.6) is 23.0 Å². The number of rotatable bonds is 12. The number of benzene rings is 10. The SMILES string of the molecule is COc1ccc(N(c2ccc(OC)cc2)c2ccc3c(-c4ccccc4)cc4c5cc(N(c6ccc(OC)cc6)c6ccc(OC)cc6)ccc5c(-c5ccccc5)cc4c3c2)cc1. The normalized spacial score (nSPS) is 11.1. The lowest BCUT2D eigenvalue weighted by Gasteiger charge is -2.27. The van der Waals surface area contributed by atoms with Crippen molar-refractivity contribution in [1.29, 1.82) is 0 Å². The standard InChI is InChI=1S/C58H46N2O4/c1-61-47-25-15-41(16-26-47)59(42-17-27-48(62-2)28-18-42)45-23-33-51-53(39-11-7-5-8-12-39)38-58-56-36-46(24-34-52(56)54(37-57(58)55(51)35-45)40-13-9-6-10-14-40)60(43-19-29-49(63-3)30-20-43)44-21-31-50(64-4)32-22-44/h5-38H,1-4H3. The molecule has 10 rings (SSSR count). The van der Waals surface area contributed by atoms with E-state index < -0.39 is 0 Å². The van der Waals surface area contributed by atoms with Gasteiger partial charge in [0.2, 0.25) is 0 Å². The molecular formula is C58H46N2O4. The minimum atomic E-state index is 0.799. The van der Waals surface area contributed by atoms with Crippen LogP contribution in [0.15, 0.2) is 206 Å². The molecule has 312 valence electrons. The van der Waals surface area contributed by atoms with Crippen LogP contribution in [0, 0.1) is 0 Å². The van der Waals surface area contributed by atoms with Gasteiger partial charge in [-0.1, -0.05) is 72.8 Å². The zero-order valence-corrected chi connectivity index (χ0v) is 36.2. The van der Waals surface area contributed by atoms with Crippen molar-refractivity contribution in [3.05, 3.63) is 206 Å². The third kappa shape index (κ3) is 7.45. The summed E-state index contributed by atoms with van der Waals surface area (Å²) in [5, 5.41) is 6.94. The molecule has 0 saturated heterocycles. The molecule has 0 atom stereocenters. The smallest absolute Gasteiger partial charge is 0.119 e. The van der Waals surface area contributed by atoms with Gasteiger partial charge >= 0.3 is 0 Å². The topological polar surface area (TPSA) is 43.4 Å². The highest BCUT2D eigenvalue weighted by Crippen LogP contribution is 2.47. The summed E-state index contributed by atoms with van der Waals surface area (Å²) in [5.74, 6) is 3.20. The van der Waals surface area contributed by atoms with Crippen LogP contribution in [0.2, 0.25) is 0 Å². The molecule has 0 spiro atoms. The lowest BCUT2D eigenvalue weighted by molar-refractivity contribution is 0.414. The molecule has 0 saturated carbocycles. The lowest BCUT2D eigenvalue weighted by Crippen LogP contribution is -2.10. The predicted octanol–water partition coefficient (Wildman–Crippen LogP) is 15.5. The highest BCUT2D eigenvalue weighted by Gasteiger charge is 2.21. The number of ether oxygens (including phenoxy) is 4. The molecule has 0 fully saturated rings. The van der Waals surface area contributed by atoms with Crippen LogP contribution in [-0.4, -0.2) is 28.4 Å². The Balaban J connectivity index is 1.28. The maximum Gasteiger partial charge on any atom is 0.119 e. The Hall–Kier alpha value is -8.22. The van der Waals surface area contributed by atoms with Gasteiger partial charge < -0.3 is 28.7 Å². The third-order valence-corrected chi connectivity index (χ3v) is 12.0. The van der Waals surface area contributed by atoms with Crippen molar-refractivity contribution in [3.8, 4) is 45.3 Å². The fraction of sp³-hybridized carbons (Fsp3) is 0.0690. The van der Waals surface area contributed by atoms with E-state index in [1.165, 1.54) is 10.8 Å². The number of nitrogens with zero attached hydrogens (tertiary/aromatic N) is 2. The molecule has 0 aromatic heterocycles. The first kappa shape index (κ1) is 39.9. The van der Waals surface area contributed by atoms with Crippen LogP contribution >= 0.6 is 0 Å². The number of methoxy groups -OCH3 is 4. The van der Waals surface area contributed by atoms with Gasteiger partial charge in [-0.05, 0) is 188 Å². The van der Waals surface area contributed by atoms with E-state index in [4.69, 9.17) is 18.9 Å². The molecule has 6 nitrogen and oxygen atoms in total. The Bertz CT molecular complexity index is 2910. The van der Waals surface area contributed by atoms with Crippen molar-refractivity contribution in [2.24, 2.45) is 0 Å². The Kier molecular flexibility index (Phi) is 10.8. The number of anilines is 6. The minimum Gasteiger partial charge on any atom is -0.497 e. The van der Waals surface area contributed by atoms with E-state index in [2.05, 4.69) is 168 Å². The molecule has 0 aliphatic carbocycles. The van der Waals surface area contributed by atoms with Gasteiger partial charge in [0.05, 0.1) is 28.4 Å². The Labute approximate surface area is 373 Å². The first-order valence-electron chi connectivity index (χ1n) is 21.3. The molecule has 0 aliphatic heterocycles. The van der Waals surface area contributed by atoms with Gasteiger partial charge in [0.1, 0.15) is 23.0 Å². The van der Waals surface area contributed by atoms with E-state index in [9.17, 15) is 0 Å². The van der Waals surface area contributed by atoms with Crippen molar-refractivity contribution in [1.82, 2.24) is 0 Å². The highest BCUT2D eigenvalue weighted by atomic mass is 16.5. The molecule has 0 unspecified atom stereocenters. The van der Waals surface area contributed by atoms with Gasteiger partial charge in [0.15, 0.2) is 0 Å². The second-order valence-electron chi connectivity index (χ2n) is 15.6. The van der Waals surface area contributed by atoms with Crippen molar-refractivity contribution < 1.29 is 18.9 Å². The lowest BCUT2D eigenvalue weighted by atomic mass is 9.87. The predicted molar refractivity (Wildman–Crippen MR) is 265 cm³/mol. The average molecular weight is 835 g/mol. The summed E-state index contributed by atoms with van der Waals surface area (Å²) in [6, 6.07) is 72.8. The van der Waals surface area contributed by atoms with Crippen molar-refractivity contribution in [2.45, 2.75) is 0 Å². The van der Waals surface area contributed by atoms with Gasteiger partial charge in [-0.3, -0.25) is 0 Å². The van der Waals surface area contributed by atoms with E-state index in [0.29, 0.717) is 0 Å². The monoisotopic (exact) mass is 834 g/mol. The molecule has 64 heavy (non-hydrogen) atoms. The quantitative estimate of drug-likeness (QED) is 0.114. The van der Waals surface area contributed by atoms with Crippen molar-refractivity contribution >= 4 is 66.4 Å². The van der Waals surface area contributed by atoms with Crippen LogP contribution in [0.3, 0.4) is 0 Å². The van der Waals surface area contributed by atoms with Crippen LogP contribution in [-0.2, 0) is 0 Å². The Morgan fingerprint density at radius 2 is 0.516 bits per heavy atom. The Morgan fingerprint density at radius 3 is 0.797 bits per heavy atom. The van der Waals surface area contributed by atoms with Crippen LogP contribution in [0.1, 0.15) is 0 Å². The molecule has 0 radical (unpaired) electrons. The molecule has 6 heteroatoms. The van der Waals surface area contributed by atoms with Crippen molar-refractivity contribution in [2.75, 3.05) is 38.2 Å². The number of fused-ring (bicyclic) bond motifs is 5. The van der Waals surface area contributed by atoms with Crippen LogP contribution < -0.4 is 28.7 Å². The fourth-order valence-corrected chi connectivity index (χ4v) is 8.84. The largest absolute Gasteiger partial charge is 0.497 e. The van der Waals surface area contributed by atoms with Gasteiger partial charge in [0.25, 0.3) is 0 Å². The van der Waals surface area contributed by atoms with Gasteiger partial charge in [0, 0.05) is 34.1 Å². The maximum atomic E-state index is 5.58. The molecule has 0 aliphatic rings. The minimum absolute atomic E-state index is 0.799. The summed E-state index contributed by atoms with van der Waals surface area (Å²) in [4.78, 5) is 4.58. The maximum absolute atomic E-state index is 5.58. The first-order chi connectivity index (χ1) is 31.5. The van der Waals surface area contributed by atoms with Crippen molar-refractivity contribution in [3.63, 3.8) is 0 Å². The van der Waals surface area contributed by atoms with E-state index in [1.807, 2.05) is 48.5 Å². The second-order valence-corrected chi connectivity index (χ2v) is 15.6. The summed E-state index contributed by atoms with van der Waals surface area (Å²) in [6.07, 6.45) is 0. The average Bonchev–Trinajstić information content (AvgIpc) is 3.37. The number of hydrogen-bond acceptors (Lipinski definition) is 6. The molecule has 10 aromatic carbocycles. The van der Waals surface area contributed by atoms with E-state index >= 15 is 0 Å². The van der Waals surface area contributed by atoms with E-state index in [-0.39, 0.29) is 0 Å². The third-order valence-electron chi connectivity index (χ3n) is 12.0. The molecule has 0 amide bonds. The van der Waals surface area contributed by atoms with Gasteiger partial charge in [-0.15, -0.1) is 0 Å². The zero-order valence-electron chi connectivity index (χ0n) is 36.2.